The third kappa shape index (κ3) is 7.44. The van der Waals surface area contributed by atoms with Gasteiger partial charge < -0.3 is 37.2 Å². The molecule has 4 atom stereocenters. The summed E-state index contributed by atoms with van der Waals surface area (Å²) < 4.78 is 0. The number of carboxylic acids is 1. The number of likely N-dealkylation sites (tertiary alicyclic amines) is 1. The zero-order valence-electron chi connectivity index (χ0n) is 18.9. The van der Waals surface area contributed by atoms with Crippen molar-refractivity contribution in [1.29, 1.82) is 0 Å². The lowest BCUT2D eigenvalue weighted by atomic mass is 10.0. The van der Waals surface area contributed by atoms with E-state index in [2.05, 4.69) is 10.6 Å². The Hall–Kier alpha value is -3.67. The van der Waals surface area contributed by atoms with Gasteiger partial charge in [0.05, 0.1) is 6.04 Å². The number of carbonyl (C=O) groups is 5. The zero-order chi connectivity index (χ0) is 25.4. The van der Waals surface area contributed by atoms with E-state index in [9.17, 15) is 34.2 Å². The average molecular weight is 478 g/mol. The van der Waals surface area contributed by atoms with Crippen molar-refractivity contribution in [3.63, 3.8) is 0 Å². The Balaban J connectivity index is 2.11. The van der Waals surface area contributed by atoms with E-state index in [1.54, 1.807) is 12.1 Å². The van der Waals surface area contributed by atoms with Crippen molar-refractivity contribution in [2.24, 2.45) is 11.5 Å². The predicted octanol–water partition coefficient (Wildman–Crippen LogP) is -1.41. The number of primary amides is 1. The summed E-state index contributed by atoms with van der Waals surface area (Å²) in [5, 5.41) is 23.9. The molecule has 0 aromatic heterocycles. The molecule has 0 aliphatic carbocycles. The van der Waals surface area contributed by atoms with Crippen molar-refractivity contribution >= 4 is 29.6 Å². The number of amides is 4. The first kappa shape index (κ1) is 26.6. The molecule has 2 rings (SSSR count). The molecule has 1 aromatic carbocycles. The molecule has 1 saturated heterocycles. The van der Waals surface area contributed by atoms with Gasteiger partial charge in [-0.1, -0.05) is 12.1 Å². The number of nitrogens with one attached hydrogen (secondary N) is 2. The molecule has 1 fully saturated rings. The molecule has 1 aliphatic rings. The number of nitrogens with two attached hydrogens (primary N) is 2. The molecule has 186 valence electrons. The van der Waals surface area contributed by atoms with Crippen LogP contribution < -0.4 is 22.1 Å². The highest BCUT2D eigenvalue weighted by molar-refractivity contribution is 5.94. The number of carboxylic acid groups (broad SMARTS) is 1. The largest absolute Gasteiger partial charge is 0.508 e. The summed E-state index contributed by atoms with van der Waals surface area (Å²) in [6.07, 6.45) is 0.810. The molecule has 4 unspecified atom stereocenters. The fourth-order valence-electron chi connectivity index (χ4n) is 3.70. The number of aliphatic carboxylic acids is 1. The van der Waals surface area contributed by atoms with Crippen LogP contribution in [-0.2, 0) is 30.4 Å². The minimum Gasteiger partial charge on any atom is -0.508 e. The topological polar surface area (TPSA) is 205 Å². The lowest BCUT2D eigenvalue weighted by molar-refractivity contribution is -0.149. The Morgan fingerprint density at radius 2 is 1.76 bits per heavy atom. The van der Waals surface area contributed by atoms with E-state index in [1.165, 1.54) is 24.0 Å². The second kappa shape index (κ2) is 12.0. The Morgan fingerprint density at radius 3 is 2.35 bits per heavy atom. The third-order valence-electron chi connectivity index (χ3n) is 5.60. The Bertz CT molecular complexity index is 921. The summed E-state index contributed by atoms with van der Waals surface area (Å²) in [6.45, 7) is 1.72. The van der Waals surface area contributed by atoms with Gasteiger partial charge in [0, 0.05) is 19.4 Å². The second-order valence-corrected chi connectivity index (χ2v) is 8.30. The van der Waals surface area contributed by atoms with Crippen LogP contribution in [0, 0.1) is 0 Å². The number of nitrogens with zero attached hydrogens (tertiary/aromatic N) is 1. The highest BCUT2D eigenvalue weighted by Crippen LogP contribution is 2.18. The van der Waals surface area contributed by atoms with E-state index in [1.807, 2.05) is 0 Å². The molecule has 0 bridgehead atoms. The van der Waals surface area contributed by atoms with E-state index in [4.69, 9.17) is 11.5 Å². The standard InChI is InChI=1S/C22H31N5O7/c1-12(21(32)27-10-2-3-17(27)22(33)34)25-20(31)16(11-13-4-6-14(28)7-5-13)26-19(30)15(23)8-9-18(24)29/h4-7,12,15-17,28H,2-3,8-11,23H2,1H3,(H2,24,29)(H,25,31)(H,26,30)(H,33,34). The quantitative estimate of drug-likeness (QED) is 0.223. The zero-order valence-corrected chi connectivity index (χ0v) is 18.9. The van der Waals surface area contributed by atoms with Crippen LogP contribution in [0.3, 0.4) is 0 Å². The van der Waals surface area contributed by atoms with E-state index >= 15 is 0 Å². The van der Waals surface area contributed by atoms with Gasteiger partial charge in [-0.2, -0.15) is 0 Å². The lowest BCUT2D eigenvalue weighted by Gasteiger charge is -2.27. The molecule has 12 heteroatoms. The smallest absolute Gasteiger partial charge is 0.326 e. The third-order valence-corrected chi connectivity index (χ3v) is 5.60. The van der Waals surface area contributed by atoms with Crippen LogP contribution in [-0.4, -0.2) is 75.4 Å². The van der Waals surface area contributed by atoms with Crippen molar-refractivity contribution in [2.75, 3.05) is 6.54 Å². The van der Waals surface area contributed by atoms with Gasteiger partial charge in [-0.05, 0) is 43.9 Å². The summed E-state index contributed by atoms with van der Waals surface area (Å²) in [4.78, 5) is 61.9. The fraction of sp³-hybridized carbons (Fsp3) is 0.500. The lowest BCUT2D eigenvalue weighted by Crippen LogP contribution is -2.57. The van der Waals surface area contributed by atoms with E-state index < -0.39 is 53.8 Å². The maximum absolute atomic E-state index is 13.0. The van der Waals surface area contributed by atoms with Crippen LogP contribution in [0.2, 0.25) is 0 Å². The van der Waals surface area contributed by atoms with Crippen molar-refractivity contribution in [2.45, 2.75) is 63.2 Å². The van der Waals surface area contributed by atoms with Gasteiger partial charge in [0.25, 0.3) is 0 Å². The Morgan fingerprint density at radius 1 is 1.12 bits per heavy atom. The highest BCUT2D eigenvalue weighted by atomic mass is 16.4. The fourth-order valence-corrected chi connectivity index (χ4v) is 3.70. The SMILES string of the molecule is CC(NC(=O)C(Cc1ccc(O)cc1)NC(=O)C(N)CCC(N)=O)C(=O)N1CCCC1C(=O)O. The van der Waals surface area contributed by atoms with Gasteiger partial charge in [-0.3, -0.25) is 19.2 Å². The number of hydrogen-bond donors (Lipinski definition) is 6. The Kier molecular flexibility index (Phi) is 9.36. The van der Waals surface area contributed by atoms with Crippen molar-refractivity contribution in [1.82, 2.24) is 15.5 Å². The normalized spacial score (nSPS) is 17.9. The van der Waals surface area contributed by atoms with Gasteiger partial charge >= 0.3 is 5.97 Å². The van der Waals surface area contributed by atoms with Crippen LogP contribution in [0.4, 0.5) is 0 Å². The highest BCUT2D eigenvalue weighted by Gasteiger charge is 2.37. The van der Waals surface area contributed by atoms with Crippen LogP contribution in [0.15, 0.2) is 24.3 Å². The van der Waals surface area contributed by atoms with Crippen molar-refractivity contribution in [3.8, 4) is 5.75 Å². The number of phenolic OH excluding ortho intramolecular Hbond substituents is 1. The molecule has 0 radical (unpaired) electrons. The maximum Gasteiger partial charge on any atom is 0.326 e. The number of hydrogen-bond acceptors (Lipinski definition) is 7. The second-order valence-electron chi connectivity index (χ2n) is 8.30. The predicted molar refractivity (Wildman–Crippen MR) is 120 cm³/mol. The van der Waals surface area contributed by atoms with E-state index in [0.717, 1.165) is 0 Å². The minimum atomic E-state index is -1.12. The maximum atomic E-state index is 13.0. The molecule has 0 saturated carbocycles. The average Bonchev–Trinajstić information content (AvgIpc) is 3.28. The van der Waals surface area contributed by atoms with Crippen LogP contribution in [0.25, 0.3) is 0 Å². The number of benzene rings is 1. The van der Waals surface area contributed by atoms with Crippen molar-refractivity contribution < 1.29 is 34.2 Å². The van der Waals surface area contributed by atoms with Crippen LogP contribution in [0.1, 0.15) is 38.2 Å². The molecule has 34 heavy (non-hydrogen) atoms. The molecule has 4 amide bonds. The van der Waals surface area contributed by atoms with Gasteiger partial charge in [-0.15, -0.1) is 0 Å². The summed E-state index contributed by atoms with van der Waals surface area (Å²) in [6, 6.07) is 1.82. The molecule has 0 spiro atoms. The first-order valence-electron chi connectivity index (χ1n) is 11.0. The number of carbonyl (C=O) groups excluding carboxylic acids is 4. The minimum absolute atomic E-state index is 0.00482. The summed E-state index contributed by atoms with van der Waals surface area (Å²) >= 11 is 0. The summed E-state index contributed by atoms with van der Waals surface area (Å²) in [5.41, 5.74) is 11.5. The van der Waals surface area contributed by atoms with E-state index in [-0.39, 0.29) is 31.6 Å². The molecule has 12 nitrogen and oxygen atoms in total. The number of phenols is 1. The first-order chi connectivity index (χ1) is 16.0. The van der Waals surface area contributed by atoms with E-state index in [0.29, 0.717) is 18.4 Å². The van der Waals surface area contributed by atoms with Gasteiger partial charge in [-0.25, -0.2) is 4.79 Å². The monoisotopic (exact) mass is 477 g/mol. The van der Waals surface area contributed by atoms with Crippen LogP contribution in [0.5, 0.6) is 5.75 Å². The van der Waals surface area contributed by atoms with Gasteiger partial charge in [0.2, 0.25) is 23.6 Å². The molecule has 1 aromatic rings. The summed E-state index contributed by atoms with van der Waals surface area (Å²) in [7, 11) is 0. The van der Waals surface area contributed by atoms with Crippen LogP contribution >= 0.6 is 0 Å². The number of aromatic hydroxyl groups is 1. The van der Waals surface area contributed by atoms with Crippen molar-refractivity contribution in [3.05, 3.63) is 29.8 Å². The van der Waals surface area contributed by atoms with Gasteiger partial charge in [0.1, 0.15) is 23.9 Å². The number of rotatable bonds is 11. The summed E-state index contributed by atoms with van der Waals surface area (Å²) in [5.74, 6) is -3.58. The molecule has 1 heterocycles. The molecular weight excluding hydrogens is 446 g/mol. The molecule has 8 N–H and O–H groups in total. The molecule has 1 aliphatic heterocycles. The Labute approximate surface area is 196 Å². The first-order valence-corrected chi connectivity index (χ1v) is 11.0. The molecular formula is C22H31N5O7. The van der Waals surface area contributed by atoms with Gasteiger partial charge in [0.15, 0.2) is 0 Å².